The molecule has 1 aliphatic carbocycles. The Morgan fingerprint density at radius 1 is 1.35 bits per heavy atom. The molecule has 1 aliphatic rings. The van der Waals surface area contributed by atoms with E-state index in [1.807, 2.05) is 12.1 Å². The molecule has 1 aromatic carbocycles. The number of aliphatic hydroxyl groups is 1. The quantitative estimate of drug-likeness (QED) is 0.724. The first kappa shape index (κ1) is 15.6. The molecule has 0 spiro atoms. The zero-order chi connectivity index (χ0) is 14.2. The van der Waals surface area contributed by atoms with Crippen molar-refractivity contribution < 1.29 is 9.84 Å². The van der Waals surface area contributed by atoms with E-state index in [2.05, 4.69) is 5.32 Å². The minimum absolute atomic E-state index is 0.288. The first-order valence-electron chi connectivity index (χ1n) is 7.51. The van der Waals surface area contributed by atoms with Gasteiger partial charge < -0.3 is 15.2 Å². The van der Waals surface area contributed by atoms with Crippen molar-refractivity contribution in [3.63, 3.8) is 0 Å². The molecule has 0 aromatic heterocycles. The fourth-order valence-electron chi connectivity index (χ4n) is 2.68. The summed E-state index contributed by atoms with van der Waals surface area (Å²) in [6, 6.07) is 7.23. The summed E-state index contributed by atoms with van der Waals surface area (Å²) in [7, 11) is 0. The molecule has 0 aliphatic heterocycles. The number of benzene rings is 1. The first-order valence-corrected chi connectivity index (χ1v) is 7.89. The third-order valence-electron chi connectivity index (χ3n) is 3.82. The molecule has 0 saturated heterocycles. The fourth-order valence-corrected chi connectivity index (χ4v) is 2.86. The van der Waals surface area contributed by atoms with E-state index < -0.39 is 6.10 Å². The van der Waals surface area contributed by atoms with Gasteiger partial charge in [-0.2, -0.15) is 0 Å². The van der Waals surface area contributed by atoms with E-state index >= 15 is 0 Å². The summed E-state index contributed by atoms with van der Waals surface area (Å²) >= 11 is 5.87. The molecule has 1 atom stereocenters. The van der Waals surface area contributed by atoms with Crippen LogP contribution in [0.15, 0.2) is 24.3 Å². The summed E-state index contributed by atoms with van der Waals surface area (Å²) in [6.45, 7) is 1.85. The number of nitrogens with one attached hydrogen (secondary N) is 1. The van der Waals surface area contributed by atoms with Crippen LogP contribution in [0.1, 0.15) is 32.1 Å². The van der Waals surface area contributed by atoms with Crippen molar-refractivity contribution in [1.29, 1.82) is 0 Å². The van der Waals surface area contributed by atoms with Crippen molar-refractivity contribution in [3.05, 3.63) is 29.3 Å². The summed E-state index contributed by atoms with van der Waals surface area (Å²) < 4.78 is 5.50. The van der Waals surface area contributed by atoms with Crippen LogP contribution in [0.4, 0.5) is 0 Å². The second-order valence-electron chi connectivity index (χ2n) is 5.57. The van der Waals surface area contributed by atoms with Gasteiger partial charge >= 0.3 is 0 Å². The maximum Gasteiger partial charge on any atom is 0.120 e. The zero-order valence-corrected chi connectivity index (χ0v) is 12.6. The third-order valence-corrected chi connectivity index (χ3v) is 4.06. The Bertz CT molecular complexity index is 394. The van der Waals surface area contributed by atoms with Crippen LogP contribution < -0.4 is 10.1 Å². The van der Waals surface area contributed by atoms with Crippen LogP contribution in [0, 0.1) is 5.92 Å². The summed E-state index contributed by atoms with van der Waals surface area (Å²) in [5, 5.41) is 13.8. The summed E-state index contributed by atoms with van der Waals surface area (Å²) in [5.41, 5.74) is 0. The Kier molecular flexibility index (Phi) is 6.64. The van der Waals surface area contributed by atoms with Crippen molar-refractivity contribution in [3.8, 4) is 5.75 Å². The standard InChI is InChI=1S/C16H24ClNO2/c17-14-6-3-7-16(10-14)20-12-15(19)11-18-9-8-13-4-1-2-5-13/h3,6-7,10,13,15,18-19H,1-2,4-5,8-9,11-12H2. The SMILES string of the molecule is OC(CNCCC1CCCC1)COc1cccc(Cl)c1. The predicted molar refractivity (Wildman–Crippen MR) is 82.4 cm³/mol. The van der Waals surface area contributed by atoms with E-state index in [1.54, 1.807) is 12.1 Å². The van der Waals surface area contributed by atoms with Gasteiger partial charge in [0.05, 0.1) is 0 Å². The lowest BCUT2D eigenvalue weighted by Crippen LogP contribution is -2.32. The Morgan fingerprint density at radius 3 is 2.90 bits per heavy atom. The van der Waals surface area contributed by atoms with Gasteiger partial charge in [-0.25, -0.2) is 0 Å². The van der Waals surface area contributed by atoms with E-state index in [9.17, 15) is 5.11 Å². The Morgan fingerprint density at radius 2 is 2.15 bits per heavy atom. The molecular formula is C16H24ClNO2. The molecule has 3 nitrogen and oxygen atoms in total. The maximum atomic E-state index is 9.85. The van der Waals surface area contributed by atoms with Gasteiger partial charge in [0.15, 0.2) is 0 Å². The minimum Gasteiger partial charge on any atom is -0.491 e. The van der Waals surface area contributed by atoms with Gasteiger partial charge in [0.1, 0.15) is 18.5 Å². The molecule has 2 rings (SSSR count). The number of rotatable bonds is 8. The van der Waals surface area contributed by atoms with Crippen molar-refractivity contribution in [2.45, 2.75) is 38.2 Å². The molecule has 0 radical (unpaired) electrons. The predicted octanol–water partition coefficient (Wildman–Crippen LogP) is 3.25. The number of aliphatic hydroxyl groups excluding tert-OH is 1. The second-order valence-corrected chi connectivity index (χ2v) is 6.00. The molecule has 0 bridgehead atoms. The Hall–Kier alpha value is -0.770. The van der Waals surface area contributed by atoms with Gasteiger partial charge in [0.25, 0.3) is 0 Å². The number of hydrogen-bond acceptors (Lipinski definition) is 3. The lowest BCUT2D eigenvalue weighted by molar-refractivity contribution is 0.106. The van der Waals surface area contributed by atoms with Gasteiger partial charge in [-0.05, 0) is 37.1 Å². The highest BCUT2D eigenvalue weighted by atomic mass is 35.5. The average Bonchev–Trinajstić information content (AvgIpc) is 2.95. The highest BCUT2D eigenvalue weighted by Gasteiger charge is 2.14. The van der Waals surface area contributed by atoms with Crippen LogP contribution in [0.3, 0.4) is 0 Å². The average molecular weight is 298 g/mol. The van der Waals surface area contributed by atoms with Crippen LogP contribution in [-0.4, -0.2) is 30.9 Å². The van der Waals surface area contributed by atoms with E-state index in [0.717, 1.165) is 12.5 Å². The molecular weight excluding hydrogens is 274 g/mol. The van der Waals surface area contributed by atoms with Crippen molar-refractivity contribution in [2.24, 2.45) is 5.92 Å². The lowest BCUT2D eigenvalue weighted by Gasteiger charge is -2.14. The highest BCUT2D eigenvalue weighted by Crippen LogP contribution is 2.26. The normalized spacial score (nSPS) is 17.3. The van der Waals surface area contributed by atoms with Gasteiger partial charge in [0, 0.05) is 11.6 Å². The molecule has 1 saturated carbocycles. The van der Waals surface area contributed by atoms with Crippen molar-refractivity contribution >= 4 is 11.6 Å². The van der Waals surface area contributed by atoms with E-state index in [1.165, 1.54) is 32.1 Å². The topological polar surface area (TPSA) is 41.5 Å². The molecule has 4 heteroatoms. The first-order chi connectivity index (χ1) is 9.74. The van der Waals surface area contributed by atoms with E-state index in [0.29, 0.717) is 17.3 Å². The van der Waals surface area contributed by atoms with Crippen molar-refractivity contribution in [1.82, 2.24) is 5.32 Å². The van der Waals surface area contributed by atoms with Crippen LogP contribution in [0.2, 0.25) is 5.02 Å². The van der Waals surface area contributed by atoms with Gasteiger partial charge in [0.2, 0.25) is 0 Å². The smallest absolute Gasteiger partial charge is 0.120 e. The fraction of sp³-hybridized carbons (Fsp3) is 0.625. The monoisotopic (exact) mass is 297 g/mol. The van der Waals surface area contributed by atoms with Crippen LogP contribution in [-0.2, 0) is 0 Å². The second kappa shape index (κ2) is 8.50. The Labute approximate surface area is 126 Å². The van der Waals surface area contributed by atoms with Crippen LogP contribution in [0.25, 0.3) is 0 Å². The molecule has 0 amide bonds. The van der Waals surface area contributed by atoms with Crippen molar-refractivity contribution in [2.75, 3.05) is 19.7 Å². The maximum absolute atomic E-state index is 9.85. The summed E-state index contributed by atoms with van der Waals surface area (Å²) in [4.78, 5) is 0. The van der Waals surface area contributed by atoms with Gasteiger partial charge in [-0.3, -0.25) is 0 Å². The molecule has 1 unspecified atom stereocenters. The van der Waals surface area contributed by atoms with Crippen LogP contribution >= 0.6 is 11.6 Å². The Balaban J connectivity index is 1.54. The number of hydrogen-bond donors (Lipinski definition) is 2. The number of ether oxygens (including phenoxy) is 1. The van der Waals surface area contributed by atoms with E-state index in [-0.39, 0.29) is 6.61 Å². The molecule has 2 N–H and O–H groups in total. The van der Waals surface area contributed by atoms with Gasteiger partial charge in [-0.15, -0.1) is 0 Å². The van der Waals surface area contributed by atoms with E-state index in [4.69, 9.17) is 16.3 Å². The minimum atomic E-state index is -0.488. The van der Waals surface area contributed by atoms with Gasteiger partial charge in [-0.1, -0.05) is 43.4 Å². The lowest BCUT2D eigenvalue weighted by atomic mass is 10.0. The molecule has 1 aromatic rings. The largest absolute Gasteiger partial charge is 0.491 e. The molecule has 0 heterocycles. The molecule has 20 heavy (non-hydrogen) atoms. The third kappa shape index (κ3) is 5.70. The van der Waals surface area contributed by atoms with Crippen LogP contribution in [0.5, 0.6) is 5.75 Å². The summed E-state index contributed by atoms with van der Waals surface area (Å²) in [5.74, 6) is 1.59. The highest BCUT2D eigenvalue weighted by molar-refractivity contribution is 6.30. The number of halogens is 1. The zero-order valence-electron chi connectivity index (χ0n) is 11.9. The molecule has 1 fully saturated rings. The molecule has 112 valence electrons. The summed E-state index contributed by atoms with van der Waals surface area (Å²) in [6.07, 6.45) is 6.27.